The van der Waals surface area contributed by atoms with Crippen molar-refractivity contribution < 1.29 is 28.1 Å². The van der Waals surface area contributed by atoms with Crippen LogP contribution in [0.15, 0.2) is 60.7 Å². The molecular weight excluding hydrogens is 603 g/mol. The van der Waals surface area contributed by atoms with Gasteiger partial charge in [0.05, 0.1) is 27.9 Å². The molecule has 0 spiro atoms. The minimum atomic E-state index is -2.00. The van der Waals surface area contributed by atoms with Crippen molar-refractivity contribution >= 4 is 28.6 Å². The van der Waals surface area contributed by atoms with Gasteiger partial charge in [0.1, 0.15) is 29.4 Å². The molecule has 1 aliphatic heterocycles. The fraction of sp³-hybridized carbons (Fsp3) is 0.371. The van der Waals surface area contributed by atoms with Crippen molar-refractivity contribution in [1.29, 1.82) is 0 Å². The van der Waals surface area contributed by atoms with E-state index >= 15 is 4.39 Å². The standard InChI is InChI=1S/C35H39FN6O5/c1-5-10-24-17-27-30(29(18-24)46-4)38-33(37-20-25-13-14-26(44-2)19-28(25)45-3)42-31(27)39-32(40-42)35(36)15-9-16-41(22-35)34(43)47-21-23-11-7-6-8-12-23/h6-8,11-14,17-19H,5,9-10,15-16,20-22H2,1-4H3,(H,37,38). The number of piperidine rings is 1. The van der Waals surface area contributed by atoms with Gasteiger partial charge in [0, 0.05) is 30.1 Å². The van der Waals surface area contributed by atoms with E-state index in [2.05, 4.69) is 12.2 Å². The van der Waals surface area contributed by atoms with E-state index in [0.717, 1.165) is 29.5 Å². The number of aryl methyl sites for hydroxylation is 1. The van der Waals surface area contributed by atoms with Crippen molar-refractivity contribution in [3.05, 3.63) is 83.2 Å². The molecule has 0 saturated carbocycles. The van der Waals surface area contributed by atoms with Crippen LogP contribution in [0, 0.1) is 0 Å². The Kier molecular flexibility index (Phi) is 9.28. The van der Waals surface area contributed by atoms with Crippen molar-refractivity contribution in [2.75, 3.05) is 39.7 Å². The summed E-state index contributed by atoms with van der Waals surface area (Å²) in [6.45, 7) is 2.70. The van der Waals surface area contributed by atoms with Gasteiger partial charge in [0.25, 0.3) is 0 Å². The van der Waals surface area contributed by atoms with Gasteiger partial charge in [0.15, 0.2) is 17.1 Å². The van der Waals surface area contributed by atoms with Crippen LogP contribution in [0.25, 0.3) is 16.6 Å². The Hall–Kier alpha value is -5.13. The van der Waals surface area contributed by atoms with Crippen molar-refractivity contribution in [3.8, 4) is 17.2 Å². The topological polar surface area (TPSA) is 112 Å². The lowest BCUT2D eigenvalue weighted by atomic mass is 9.94. The number of hydrogen-bond donors (Lipinski definition) is 1. The van der Waals surface area contributed by atoms with E-state index in [0.29, 0.717) is 59.3 Å². The maximum Gasteiger partial charge on any atom is 0.410 e. The number of aromatic nitrogens is 4. The number of likely N-dealkylation sites (tertiary alicyclic amines) is 1. The van der Waals surface area contributed by atoms with Crippen LogP contribution in [0.2, 0.25) is 0 Å². The molecule has 1 aliphatic rings. The fourth-order valence-corrected chi connectivity index (χ4v) is 5.96. The highest BCUT2D eigenvalue weighted by Crippen LogP contribution is 2.37. The minimum Gasteiger partial charge on any atom is -0.497 e. The van der Waals surface area contributed by atoms with Gasteiger partial charge in [-0.05, 0) is 54.7 Å². The summed E-state index contributed by atoms with van der Waals surface area (Å²) in [4.78, 5) is 24.1. The number of nitrogens with zero attached hydrogens (tertiary/aromatic N) is 5. The molecule has 0 radical (unpaired) electrons. The van der Waals surface area contributed by atoms with E-state index in [1.165, 1.54) is 9.42 Å². The number of carbonyl (C=O) groups excluding carboxylic acids is 1. The first-order chi connectivity index (χ1) is 22.8. The number of alkyl halides is 1. The maximum atomic E-state index is 16.9. The zero-order chi connectivity index (χ0) is 33.0. The Morgan fingerprint density at radius 1 is 0.979 bits per heavy atom. The molecular formula is C35H39FN6O5. The van der Waals surface area contributed by atoms with Crippen LogP contribution < -0.4 is 19.5 Å². The molecule has 47 heavy (non-hydrogen) atoms. The number of ether oxygens (including phenoxy) is 4. The summed E-state index contributed by atoms with van der Waals surface area (Å²) in [5.41, 5.74) is 1.78. The molecule has 2 aromatic heterocycles. The predicted octanol–water partition coefficient (Wildman–Crippen LogP) is 6.47. The van der Waals surface area contributed by atoms with E-state index in [1.54, 1.807) is 27.4 Å². The third-order valence-corrected chi connectivity index (χ3v) is 8.40. The van der Waals surface area contributed by atoms with Gasteiger partial charge >= 0.3 is 6.09 Å². The van der Waals surface area contributed by atoms with Crippen molar-refractivity contribution in [2.45, 2.75) is 51.4 Å². The second-order valence-electron chi connectivity index (χ2n) is 11.6. The molecule has 1 saturated heterocycles. The summed E-state index contributed by atoms with van der Waals surface area (Å²) >= 11 is 0. The molecule has 3 heterocycles. The van der Waals surface area contributed by atoms with Crippen LogP contribution in [-0.4, -0.2) is 65.0 Å². The summed E-state index contributed by atoms with van der Waals surface area (Å²) in [5, 5.41) is 8.74. The van der Waals surface area contributed by atoms with Gasteiger partial charge in [-0.3, -0.25) is 0 Å². The van der Waals surface area contributed by atoms with Gasteiger partial charge in [-0.25, -0.2) is 19.2 Å². The SMILES string of the molecule is CCCc1cc(OC)c2nc(NCc3ccc(OC)cc3OC)n3nc(C4(F)CCCN(C(=O)OCc5ccccc5)C4)nc3c2c1. The summed E-state index contributed by atoms with van der Waals surface area (Å²) < 4.78 is 40.7. The zero-order valence-corrected chi connectivity index (χ0v) is 27.1. The number of amides is 1. The van der Waals surface area contributed by atoms with E-state index in [1.807, 2.05) is 54.6 Å². The number of halogens is 1. The number of methoxy groups -OCH3 is 3. The number of fused-ring (bicyclic) bond motifs is 3. The third-order valence-electron chi connectivity index (χ3n) is 8.40. The van der Waals surface area contributed by atoms with Gasteiger partial charge in [-0.1, -0.05) is 43.7 Å². The molecule has 6 rings (SSSR count). The first-order valence-electron chi connectivity index (χ1n) is 15.7. The zero-order valence-electron chi connectivity index (χ0n) is 27.1. The minimum absolute atomic E-state index is 0.0164. The maximum absolute atomic E-state index is 16.9. The van der Waals surface area contributed by atoms with Crippen molar-refractivity contribution in [2.24, 2.45) is 0 Å². The molecule has 12 heteroatoms. The number of anilines is 1. The highest BCUT2D eigenvalue weighted by atomic mass is 19.1. The number of hydrogen-bond acceptors (Lipinski definition) is 9. The summed E-state index contributed by atoms with van der Waals surface area (Å²) in [6, 6.07) is 18.9. The van der Waals surface area contributed by atoms with Crippen LogP contribution in [0.3, 0.4) is 0 Å². The highest BCUT2D eigenvalue weighted by Gasteiger charge is 2.43. The first-order valence-corrected chi connectivity index (χ1v) is 15.7. The van der Waals surface area contributed by atoms with E-state index in [4.69, 9.17) is 34.0 Å². The molecule has 1 unspecified atom stereocenters. The molecule has 1 fully saturated rings. The van der Waals surface area contributed by atoms with Crippen LogP contribution in [0.1, 0.15) is 48.7 Å². The molecule has 1 amide bonds. The molecule has 3 aromatic carbocycles. The molecule has 5 aromatic rings. The fourth-order valence-electron chi connectivity index (χ4n) is 5.96. The first kappa shape index (κ1) is 31.8. The van der Waals surface area contributed by atoms with Crippen LogP contribution in [0.5, 0.6) is 17.2 Å². The van der Waals surface area contributed by atoms with Gasteiger partial charge < -0.3 is 29.2 Å². The predicted molar refractivity (Wildman–Crippen MR) is 176 cm³/mol. The quantitative estimate of drug-likeness (QED) is 0.173. The highest BCUT2D eigenvalue weighted by molar-refractivity contribution is 5.96. The lowest BCUT2D eigenvalue weighted by Gasteiger charge is -2.34. The third kappa shape index (κ3) is 6.58. The van der Waals surface area contributed by atoms with Crippen LogP contribution >= 0.6 is 0 Å². The second-order valence-corrected chi connectivity index (χ2v) is 11.6. The van der Waals surface area contributed by atoms with Gasteiger partial charge in [0.2, 0.25) is 5.95 Å². The average molecular weight is 643 g/mol. The van der Waals surface area contributed by atoms with Gasteiger partial charge in [-0.2, -0.15) is 4.52 Å². The Bertz CT molecular complexity index is 1880. The number of benzene rings is 3. The molecule has 1 atom stereocenters. The van der Waals surface area contributed by atoms with E-state index < -0.39 is 11.8 Å². The normalized spacial score (nSPS) is 16.3. The molecule has 0 aliphatic carbocycles. The Morgan fingerprint density at radius 3 is 2.53 bits per heavy atom. The molecule has 1 N–H and O–H groups in total. The van der Waals surface area contributed by atoms with E-state index in [9.17, 15) is 4.79 Å². The average Bonchev–Trinajstić information content (AvgIpc) is 3.57. The monoisotopic (exact) mass is 642 g/mol. The second kappa shape index (κ2) is 13.7. The lowest BCUT2D eigenvalue weighted by molar-refractivity contribution is 0.0225. The molecule has 0 bridgehead atoms. The van der Waals surface area contributed by atoms with E-state index in [-0.39, 0.29) is 25.4 Å². The number of rotatable bonds is 11. The Labute approximate surface area is 272 Å². The smallest absolute Gasteiger partial charge is 0.410 e. The number of carbonyl (C=O) groups is 1. The van der Waals surface area contributed by atoms with Crippen molar-refractivity contribution in [1.82, 2.24) is 24.5 Å². The Morgan fingerprint density at radius 2 is 1.79 bits per heavy atom. The molecule has 11 nitrogen and oxygen atoms in total. The van der Waals surface area contributed by atoms with Crippen LogP contribution in [-0.2, 0) is 30.0 Å². The van der Waals surface area contributed by atoms with Gasteiger partial charge in [-0.15, -0.1) is 5.10 Å². The van der Waals surface area contributed by atoms with Crippen LogP contribution in [0.4, 0.5) is 15.1 Å². The molecule has 246 valence electrons. The summed E-state index contributed by atoms with van der Waals surface area (Å²) in [7, 11) is 4.80. The summed E-state index contributed by atoms with van der Waals surface area (Å²) in [6.07, 6.45) is 1.78. The lowest BCUT2D eigenvalue weighted by Crippen LogP contribution is -2.47. The largest absolute Gasteiger partial charge is 0.497 e. The Balaban J connectivity index is 1.37. The summed E-state index contributed by atoms with van der Waals surface area (Å²) in [5.74, 6) is 2.23. The van der Waals surface area contributed by atoms with Crippen molar-refractivity contribution in [3.63, 3.8) is 0 Å². The number of nitrogens with one attached hydrogen (secondary N) is 1.